The Kier molecular flexibility index (Phi) is 4.72. The highest BCUT2D eigenvalue weighted by molar-refractivity contribution is 7.18. The van der Waals surface area contributed by atoms with E-state index in [1.807, 2.05) is 0 Å². The van der Waals surface area contributed by atoms with Gasteiger partial charge < -0.3 is 9.64 Å². The number of aromatic nitrogens is 3. The number of piperidine rings is 1. The maximum atomic E-state index is 13.3. The van der Waals surface area contributed by atoms with Gasteiger partial charge in [-0.15, -0.1) is 11.3 Å². The third-order valence-corrected chi connectivity index (χ3v) is 7.17. The van der Waals surface area contributed by atoms with Crippen LogP contribution in [0.5, 0.6) is 6.01 Å². The minimum atomic E-state index is -0.596. The van der Waals surface area contributed by atoms with Crippen molar-refractivity contribution in [1.29, 1.82) is 0 Å². The zero-order valence-corrected chi connectivity index (χ0v) is 16.7. The van der Waals surface area contributed by atoms with E-state index in [0.29, 0.717) is 30.8 Å². The Morgan fingerprint density at radius 1 is 1.11 bits per heavy atom. The quantitative estimate of drug-likeness (QED) is 0.650. The van der Waals surface area contributed by atoms with Crippen molar-refractivity contribution in [3.05, 3.63) is 35.6 Å². The lowest BCUT2D eigenvalue weighted by Gasteiger charge is -2.44. The van der Waals surface area contributed by atoms with E-state index in [-0.39, 0.29) is 0 Å². The molecule has 2 fully saturated rings. The summed E-state index contributed by atoms with van der Waals surface area (Å²) in [5.74, 6) is 0.540. The molecule has 3 aromatic rings. The highest BCUT2D eigenvalue weighted by Crippen LogP contribution is 2.43. The molecule has 5 rings (SSSR count). The molecular formula is C21H23FN4OS. The summed E-state index contributed by atoms with van der Waals surface area (Å²) in [5.41, 5.74) is 3.11. The molecule has 0 N–H and O–H groups in total. The lowest BCUT2D eigenvalue weighted by molar-refractivity contribution is 0.0610. The highest BCUT2D eigenvalue weighted by atomic mass is 32.1. The molecule has 0 amide bonds. The fourth-order valence-electron chi connectivity index (χ4n) is 4.19. The van der Waals surface area contributed by atoms with Crippen molar-refractivity contribution < 1.29 is 9.13 Å². The van der Waals surface area contributed by atoms with Gasteiger partial charge in [-0.2, -0.15) is 0 Å². The molecule has 1 aliphatic heterocycles. The molecule has 1 saturated heterocycles. The lowest BCUT2D eigenvalue weighted by atomic mass is 9.79. The second-order valence-corrected chi connectivity index (χ2v) is 8.79. The molecule has 0 unspecified atom stereocenters. The van der Waals surface area contributed by atoms with Crippen LogP contribution in [0.2, 0.25) is 0 Å². The molecule has 28 heavy (non-hydrogen) atoms. The molecule has 2 aromatic heterocycles. The number of fused-ring (bicyclic) bond motifs is 1. The Balaban J connectivity index is 1.29. The van der Waals surface area contributed by atoms with E-state index in [4.69, 9.17) is 9.72 Å². The number of likely N-dealkylation sites (tertiary alicyclic amines) is 1. The van der Waals surface area contributed by atoms with Gasteiger partial charge in [-0.3, -0.25) is 0 Å². The average Bonchev–Trinajstić information content (AvgIpc) is 3.11. The topological polar surface area (TPSA) is 51.1 Å². The molecule has 146 valence electrons. The van der Waals surface area contributed by atoms with E-state index in [1.165, 1.54) is 9.71 Å². The number of benzene rings is 1. The predicted octanol–water partition coefficient (Wildman–Crippen LogP) is 4.44. The average molecular weight is 399 g/mol. The second kappa shape index (κ2) is 7.37. The number of alkyl halides is 1. The number of ether oxygens (including phenoxy) is 1. The van der Waals surface area contributed by atoms with Crippen LogP contribution in [0, 0.1) is 0 Å². The third-order valence-electron chi connectivity index (χ3n) is 5.99. The van der Waals surface area contributed by atoms with Crippen molar-refractivity contribution >= 4 is 21.6 Å². The Morgan fingerprint density at radius 2 is 1.86 bits per heavy atom. The van der Waals surface area contributed by atoms with E-state index in [2.05, 4.69) is 33.1 Å². The van der Waals surface area contributed by atoms with Crippen LogP contribution < -0.4 is 4.74 Å². The summed E-state index contributed by atoms with van der Waals surface area (Å²) >= 11 is 1.79. The van der Waals surface area contributed by atoms with Crippen molar-refractivity contribution in [3.8, 4) is 17.1 Å². The molecule has 7 heteroatoms. The number of methoxy groups -OCH3 is 1. The van der Waals surface area contributed by atoms with Gasteiger partial charge in [0.15, 0.2) is 0 Å². The van der Waals surface area contributed by atoms with Gasteiger partial charge in [0.1, 0.15) is 6.17 Å². The summed E-state index contributed by atoms with van der Waals surface area (Å²) in [4.78, 5) is 15.7. The number of thiazole rings is 1. The molecule has 5 nitrogen and oxygen atoms in total. The Hall–Kier alpha value is -2.12. The van der Waals surface area contributed by atoms with E-state index >= 15 is 0 Å². The summed E-state index contributed by atoms with van der Waals surface area (Å²) in [6.07, 6.45) is 6.66. The van der Waals surface area contributed by atoms with Crippen molar-refractivity contribution in [2.24, 2.45) is 0 Å². The van der Waals surface area contributed by atoms with Gasteiger partial charge in [0, 0.05) is 43.0 Å². The number of hydrogen-bond donors (Lipinski definition) is 0. The first-order chi connectivity index (χ1) is 13.7. The molecule has 0 bridgehead atoms. The molecular weight excluding hydrogens is 375 g/mol. The smallest absolute Gasteiger partial charge is 0.316 e. The van der Waals surface area contributed by atoms with Gasteiger partial charge in [0.2, 0.25) is 0 Å². The van der Waals surface area contributed by atoms with E-state index in [9.17, 15) is 4.39 Å². The van der Waals surface area contributed by atoms with E-state index in [0.717, 1.165) is 42.6 Å². The van der Waals surface area contributed by atoms with Crippen molar-refractivity contribution in [2.45, 2.75) is 43.8 Å². The first-order valence-electron chi connectivity index (χ1n) is 9.84. The number of halogens is 1. The molecule has 0 atom stereocenters. The highest BCUT2D eigenvalue weighted by Gasteiger charge is 2.37. The Bertz CT molecular complexity index is 962. The van der Waals surface area contributed by atoms with Crippen LogP contribution in [0.25, 0.3) is 21.3 Å². The standard InChI is InChI=1S/C21H23FN4OS/c1-27-21-23-11-15(12-24-21)13-2-3-18-19(10-13)28-20(25-18)14-8-17(9-14)26-6-4-16(22)5-7-26/h2-3,10-12,14,16-17H,4-9H2,1H3/t14-,17-. The van der Waals surface area contributed by atoms with Gasteiger partial charge in [0.25, 0.3) is 0 Å². The molecule has 1 saturated carbocycles. The molecule has 2 aliphatic rings. The molecule has 0 spiro atoms. The van der Waals surface area contributed by atoms with Gasteiger partial charge >= 0.3 is 6.01 Å². The predicted molar refractivity (Wildman–Crippen MR) is 109 cm³/mol. The van der Waals surface area contributed by atoms with Crippen LogP contribution in [0.1, 0.15) is 36.6 Å². The van der Waals surface area contributed by atoms with Crippen LogP contribution in [0.4, 0.5) is 4.39 Å². The van der Waals surface area contributed by atoms with Crippen molar-refractivity contribution in [3.63, 3.8) is 0 Å². The zero-order valence-electron chi connectivity index (χ0n) is 15.8. The fourth-order valence-corrected chi connectivity index (χ4v) is 5.32. The summed E-state index contributed by atoms with van der Waals surface area (Å²) in [6, 6.07) is 7.31. The fraction of sp³-hybridized carbons (Fsp3) is 0.476. The minimum absolute atomic E-state index is 0.375. The first kappa shape index (κ1) is 17.9. The summed E-state index contributed by atoms with van der Waals surface area (Å²) in [5, 5.41) is 1.23. The maximum absolute atomic E-state index is 13.3. The monoisotopic (exact) mass is 398 g/mol. The normalized spacial score (nSPS) is 23.6. The summed E-state index contributed by atoms with van der Waals surface area (Å²) in [7, 11) is 1.56. The summed E-state index contributed by atoms with van der Waals surface area (Å²) in [6.45, 7) is 1.82. The first-order valence-corrected chi connectivity index (χ1v) is 10.7. The molecule has 1 aliphatic carbocycles. The van der Waals surface area contributed by atoms with E-state index in [1.54, 1.807) is 30.8 Å². The van der Waals surface area contributed by atoms with Crippen LogP contribution in [-0.4, -0.2) is 52.3 Å². The van der Waals surface area contributed by atoms with Crippen LogP contribution in [0.3, 0.4) is 0 Å². The number of nitrogens with zero attached hydrogens (tertiary/aromatic N) is 4. The second-order valence-electron chi connectivity index (χ2n) is 7.73. The molecule has 1 aromatic carbocycles. The molecule has 0 radical (unpaired) electrons. The third kappa shape index (κ3) is 3.37. The largest absolute Gasteiger partial charge is 0.467 e. The lowest BCUT2D eigenvalue weighted by Crippen LogP contribution is -2.47. The van der Waals surface area contributed by atoms with Crippen LogP contribution in [0.15, 0.2) is 30.6 Å². The minimum Gasteiger partial charge on any atom is -0.467 e. The number of rotatable bonds is 4. The summed E-state index contributed by atoms with van der Waals surface area (Å²) < 4.78 is 19.6. The van der Waals surface area contributed by atoms with Gasteiger partial charge in [-0.1, -0.05) is 6.07 Å². The van der Waals surface area contributed by atoms with Crippen molar-refractivity contribution in [2.75, 3.05) is 20.2 Å². The van der Waals surface area contributed by atoms with Gasteiger partial charge in [0.05, 0.1) is 22.3 Å². The van der Waals surface area contributed by atoms with Gasteiger partial charge in [-0.05, 0) is 43.4 Å². The van der Waals surface area contributed by atoms with Crippen molar-refractivity contribution in [1.82, 2.24) is 19.9 Å². The zero-order chi connectivity index (χ0) is 19.1. The SMILES string of the molecule is COc1ncc(-c2ccc3nc([C@H]4C[C@H](N5CCC(F)CC5)C4)sc3c2)cn1. The number of hydrogen-bond acceptors (Lipinski definition) is 6. The van der Waals surface area contributed by atoms with Gasteiger partial charge in [-0.25, -0.2) is 19.3 Å². The Morgan fingerprint density at radius 3 is 2.57 bits per heavy atom. The Labute approximate surface area is 167 Å². The maximum Gasteiger partial charge on any atom is 0.316 e. The van der Waals surface area contributed by atoms with Crippen LogP contribution >= 0.6 is 11.3 Å². The van der Waals surface area contributed by atoms with Crippen LogP contribution in [-0.2, 0) is 0 Å². The van der Waals surface area contributed by atoms with E-state index < -0.39 is 6.17 Å². The molecule has 3 heterocycles.